The topological polar surface area (TPSA) is 337 Å². The molecule has 12 heterocycles. The third kappa shape index (κ3) is 17.6. The van der Waals surface area contributed by atoms with Crippen LogP contribution < -0.4 is 42.8 Å². The first-order valence-corrected chi connectivity index (χ1v) is 43.8. The summed E-state index contributed by atoms with van der Waals surface area (Å²) in [5.74, 6) is -17.8. The second kappa shape index (κ2) is 39.7. The van der Waals surface area contributed by atoms with Crippen LogP contribution in [0.15, 0.2) is 107 Å². The minimum absolute atomic E-state index is 0.00590. The minimum Gasteiger partial charge on any atom is -0.397 e. The van der Waals surface area contributed by atoms with Gasteiger partial charge >= 0.3 is 0 Å². The number of amides is 3. The summed E-state index contributed by atoms with van der Waals surface area (Å²) in [5.41, 5.74) is 9.13. The summed E-state index contributed by atoms with van der Waals surface area (Å²) >= 11 is 44.6. The van der Waals surface area contributed by atoms with Crippen LogP contribution in [0.25, 0.3) is 83.9 Å². The van der Waals surface area contributed by atoms with E-state index in [-0.39, 0.29) is 177 Å². The molecule has 0 radical (unpaired) electrons. The lowest BCUT2D eigenvalue weighted by molar-refractivity contribution is -0.127. The van der Waals surface area contributed by atoms with Gasteiger partial charge < -0.3 is 40.9 Å². The van der Waals surface area contributed by atoms with E-state index >= 15 is 13.2 Å². The highest BCUT2D eigenvalue weighted by molar-refractivity contribution is 6.43. The first-order chi connectivity index (χ1) is 64.0. The summed E-state index contributed by atoms with van der Waals surface area (Å²) in [6.45, 7) is 30.1. The number of rotatable bonds is 15. The molecule has 0 unspecified atom stereocenters. The van der Waals surface area contributed by atoms with Gasteiger partial charge in [0.2, 0.25) is 23.5 Å². The fraction of sp³-hybridized carbons (Fsp3) is 0.258. The van der Waals surface area contributed by atoms with Crippen molar-refractivity contribution in [2.24, 2.45) is 0 Å². The maximum absolute atomic E-state index is 15.5. The molecular weight excluding hydrogens is 1910 g/mol. The van der Waals surface area contributed by atoms with E-state index < -0.39 is 122 Å². The summed E-state index contributed by atoms with van der Waals surface area (Å²) in [7, 11) is 0. The Morgan fingerprint density at radius 2 is 0.667 bits per heavy atom. The lowest BCUT2D eigenvalue weighted by Crippen LogP contribution is -2.49. The number of nitriles is 3. The number of anilines is 5. The number of aromatic nitrogens is 9. The second-order valence-electron chi connectivity index (χ2n) is 32.1. The molecule has 3 fully saturated rings. The first-order valence-electron chi connectivity index (χ1n) is 41.2. The van der Waals surface area contributed by atoms with Crippen LogP contribution in [0.1, 0.15) is 110 Å². The van der Waals surface area contributed by atoms with Gasteiger partial charge in [0.25, 0.3) is 16.7 Å². The monoisotopic (exact) mass is 1980 g/mol. The molecule has 3 aliphatic rings. The molecule has 135 heavy (non-hydrogen) atoms. The molecular formula is C93H76Cl7F9N20O6. The Bertz CT molecular complexity index is 6650. The molecule has 0 bridgehead atoms. The Balaban J connectivity index is 0.000000171. The Hall–Kier alpha value is -13.3. The number of fused-ring (bicyclic) bond motifs is 3. The maximum Gasteiger partial charge on any atom is 0.276 e. The molecule has 0 atom stereocenters. The van der Waals surface area contributed by atoms with Crippen molar-refractivity contribution in [3.8, 4) is 69.0 Å². The summed E-state index contributed by atoms with van der Waals surface area (Å²) in [5, 5.41) is 28.4. The van der Waals surface area contributed by atoms with Crippen molar-refractivity contribution in [3.63, 3.8) is 0 Å². The van der Waals surface area contributed by atoms with Gasteiger partial charge in [0.05, 0.1) is 116 Å². The number of halogens is 16. The Kier molecular flexibility index (Phi) is 29.2. The predicted molar refractivity (Wildman–Crippen MR) is 503 cm³/mol. The Morgan fingerprint density at radius 3 is 0.956 bits per heavy atom. The van der Waals surface area contributed by atoms with Crippen LogP contribution in [-0.2, 0) is 14.4 Å². The highest BCUT2D eigenvalue weighted by Gasteiger charge is 2.39. The molecule has 696 valence electrons. The van der Waals surface area contributed by atoms with E-state index in [0.29, 0.717) is 82.1 Å². The molecule has 0 spiro atoms. The number of pyridine rings is 9. The van der Waals surface area contributed by atoms with E-state index in [1.165, 1.54) is 56.7 Å². The molecule has 42 heteroatoms. The van der Waals surface area contributed by atoms with Gasteiger partial charge in [-0.2, -0.15) is 15.8 Å². The van der Waals surface area contributed by atoms with E-state index in [9.17, 15) is 70.9 Å². The zero-order chi connectivity index (χ0) is 98.7. The van der Waals surface area contributed by atoms with Crippen LogP contribution in [-0.4, -0.2) is 155 Å². The number of hydrogen-bond acceptors (Lipinski definition) is 20. The van der Waals surface area contributed by atoms with E-state index in [1.807, 2.05) is 52.5 Å². The number of nitrogen functional groups attached to an aromatic ring is 2. The van der Waals surface area contributed by atoms with Crippen molar-refractivity contribution in [1.29, 1.82) is 15.8 Å². The lowest BCUT2D eigenvalue weighted by Gasteiger charge is -2.36. The first kappa shape index (κ1) is 99.2. The number of carbonyl (C=O) groups excluding carboxylic acids is 3. The quantitative estimate of drug-likeness (QED) is 0.0316. The van der Waals surface area contributed by atoms with Crippen LogP contribution in [0, 0.1) is 107 Å². The number of aryl methyl sites for hydroxylation is 3. The average Bonchev–Trinajstić information content (AvgIpc) is 0.728. The van der Waals surface area contributed by atoms with Crippen molar-refractivity contribution in [2.75, 3.05) is 105 Å². The number of hydrogen-bond donors (Lipinski definition) is 2. The molecule has 3 aliphatic heterocycles. The maximum atomic E-state index is 15.5. The van der Waals surface area contributed by atoms with E-state index in [1.54, 1.807) is 71.0 Å². The van der Waals surface area contributed by atoms with Gasteiger partial charge in [-0.05, 0) is 110 Å². The highest BCUT2D eigenvalue weighted by atomic mass is 35.5. The molecule has 3 aromatic carbocycles. The van der Waals surface area contributed by atoms with Crippen molar-refractivity contribution in [1.82, 2.24) is 58.3 Å². The van der Waals surface area contributed by atoms with Crippen LogP contribution in [0.4, 0.5) is 68.0 Å². The molecule has 12 aromatic rings. The molecule has 0 saturated carbocycles. The van der Waals surface area contributed by atoms with Gasteiger partial charge in [-0.15, -0.1) is 0 Å². The summed E-state index contributed by atoms with van der Waals surface area (Å²) in [4.78, 5) is 117. The smallest absolute Gasteiger partial charge is 0.276 e. The van der Waals surface area contributed by atoms with Gasteiger partial charge in [0.15, 0.2) is 46.5 Å². The summed E-state index contributed by atoms with van der Waals surface area (Å²) in [6, 6.07) is 15.2. The van der Waals surface area contributed by atoms with Gasteiger partial charge in [0, 0.05) is 119 Å². The molecule has 3 saturated heterocycles. The third-order valence-electron chi connectivity index (χ3n) is 23.1. The van der Waals surface area contributed by atoms with E-state index in [0.717, 1.165) is 4.57 Å². The number of piperazine rings is 3. The molecule has 0 aliphatic carbocycles. The van der Waals surface area contributed by atoms with Crippen LogP contribution in [0.2, 0.25) is 35.2 Å². The van der Waals surface area contributed by atoms with Crippen molar-refractivity contribution >= 4 is 160 Å². The van der Waals surface area contributed by atoms with Gasteiger partial charge in [-0.1, -0.05) is 142 Å². The zero-order valence-electron chi connectivity index (χ0n) is 73.0. The number of nitrogens with zero attached hydrogens (tertiary/aromatic N) is 18. The molecule has 9 aromatic heterocycles. The van der Waals surface area contributed by atoms with Crippen molar-refractivity contribution in [3.05, 3.63) is 262 Å². The largest absolute Gasteiger partial charge is 0.397 e. The van der Waals surface area contributed by atoms with Crippen LogP contribution in [0.5, 0.6) is 0 Å². The van der Waals surface area contributed by atoms with E-state index in [4.69, 9.17) is 97.7 Å². The Morgan fingerprint density at radius 1 is 0.378 bits per heavy atom. The molecule has 4 N–H and O–H groups in total. The zero-order valence-corrected chi connectivity index (χ0v) is 78.3. The second-order valence-corrected chi connectivity index (χ2v) is 34.9. The summed E-state index contributed by atoms with van der Waals surface area (Å²) in [6.07, 6.45) is 8.36. The average molecular weight is 1990 g/mol. The fourth-order valence-corrected chi connectivity index (χ4v) is 18.2. The minimum atomic E-state index is -2.36. The number of benzene rings is 3. The van der Waals surface area contributed by atoms with Crippen LogP contribution >= 0.6 is 81.2 Å². The molecule has 3 amide bonds. The van der Waals surface area contributed by atoms with Gasteiger partial charge in [-0.3, -0.25) is 57.4 Å². The fourth-order valence-electron chi connectivity index (χ4n) is 16.5. The van der Waals surface area contributed by atoms with Gasteiger partial charge in [-0.25, -0.2) is 54.5 Å². The van der Waals surface area contributed by atoms with Crippen molar-refractivity contribution < 1.29 is 53.9 Å². The van der Waals surface area contributed by atoms with Crippen molar-refractivity contribution in [2.45, 2.75) is 80.1 Å². The van der Waals surface area contributed by atoms with Gasteiger partial charge in [0.1, 0.15) is 61.9 Å². The molecule has 15 rings (SSSR count). The number of carbonyl (C=O) groups is 3. The summed E-state index contributed by atoms with van der Waals surface area (Å²) < 4.78 is 135. The number of nitrogens with two attached hydrogens (primary N) is 2. The normalized spacial score (nSPS) is 13.4. The van der Waals surface area contributed by atoms with Crippen LogP contribution in [0.3, 0.4) is 0 Å². The SMILES string of the molecule is C=CC(=O)N1CCN(c2c(C#N)c(=O)n(-c3c(C)ccnc3C(C)C)c3nc(-c4c(Cl)c(N)c(F)c(F)c4Cl)c(Cl)cc23)CC1.C=CC(=O)N1CCN(c2c(C#N)c(=O)n(-c3c(C)ccnc3C(C)C)c3nc(-c4c(F)c(F)c(F)c(F)c4F)c(Cl)cc23)CC1.C=CC(=O)N1CCN(c2c(C#N)c(=O)n(-c3c(C)ccnc3C(C)C)c3nc(-c4c(N)c(Cl)c(F)c(Cl)c4F)c(Cl)cc23)CC1. The van der Waals surface area contributed by atoms with E-state index in [2.05, 4.69) is 56.8 Å². The highest BCUT2D eigenvalue weighted by Crippen LogP contribution is 2.49. The standard InChI is InChI=1S/2C31H26Cl3F2N7O2.C31H24ClF5N6O2/c1-5-19(44)41-8-10-42(11-9-41)29-16-12-18(32)27(20-23(35)21(33)24(36)22(34)25(20)38)40-30(16)43(31(45)17(29)13-37)28-15(4)6-7-39-26(28)14(2)3;1-5-19(44)41-8-10-42(11-9-41)29-16-12-18(32)27(20-21(33)23(35)24(36)25(38)22(20)34)40-30(16)43(31(45)17(29)13-37)28-15(4)6-7-39-26(28)14(2)3;1-5-19(44)41-8-10-42(11-9-41)29-16-12-18(32)27(20-21(33)23(35)25(37)24(36)22(20)34)40-30(16)43(31(45)17(29)13-38)28-15(4)6-7-39-26(28)14(2)3/h2*5-7,12,14H,1,8-11,38H2,2-4H3;5-7,12,14H,1,8-11H2,2-4H3. The lowest BCUT2D eigenvalue weighted by atomic mass is 10.0. The Labute approximate surface area is 799 Å². The predicted octanol–water partition coefficient (Wildman–Crippen LogP) is 18.7. The molecule has 26 nitrogen and oxygen atoms in total. The third-order valence-corrected chi connectivity index (χ3v) is 25.4.